The Labute approximate surface area is 245 Å². The molecule has 8 nitrogen and oxygen atoms in total. The minimum atomic E-state index is -0.663. The van der Waals surface area contributed by atoms with Gasteiger partial charge in [-0.25, -0.2) is 10.2 Å². The van der Waals surface area contributed by atoms with Crippen LogP contribution in [-0.4, -0.2) is 37.3 Å². The first-order valence-corrected chi connectivity index (χ1v) is 13.1. The number of ether oxygens (including phenoxy) is 3. The van der Waals surface area contributed by atoms with Gasteiger partial charge in [-0.1, -0.05) is 53.5 Å². The minimum Gasteiger partial charge on any atom is -0.497 e. The molecule has 0 spiro atoms. The zero-order valence-electron chi connectivity index (χ0n) is 21.9. The van der Waals surface area contributed by atoms with E-state index >= 15 is 0 Å². The quantitative estimate of drug-likeness (QED) is 0.0869. The molecular formula is C31H23Cl2N3O5. The van der Waals surface area contributed by atoms with E-state index in [2.05, 4.69) is 15.5 Å². The summed E-state index contributed by atoms with van der Waals surface area (Å²) in [5, 5.41) is 5.55. The van der Waals surface area contributed by atoms with Gasteiger partial charge in [0, 0.05) is 21.5 Å². The summed E-state index contributed by atoms with van der Waals surface area (Å²) in [6, 6.07) is 24.5. The SMILES string of the molecule is COc1ccc2[nH]c(C(=O)NN=Cc3ccc(OC(=O)c4ccc(Cl)cc4Cl)c(OC)c3)c(-c3ccccc3)c2c1. The average Bonchev–Trinajstić information content (AvgIpc) is 3.37. The van der Waals surface area contributed by atoms with E-state index in [9.17, 15) is 9.59 Å². The lowest BCUT2D eigenvalue weighted by molar-refractivity contribution is 0.0729. The second-order valence-corrected chi connectivity index (χ2v) is 9.62. The predicted octanol–water partition coefficient (Wildman–Crippen LogP) is 7.14. The maximum Gasteiger partial charge on any atom is 0.345 e. The molecule has 0 aliphatic carbocycles. The van der Waals surface area contributed by atoms with Gasteiger partial charge in [0.2, 0.25) is 0 Å². The molecule has 2 N–H and O–H groups in total. The van der Waals surface area contributed by atoms with E-state index in [1.165, 1.54) is 25.5 Å². The molecule has 4 aromatic carbocycles. The van der Waals surface area contributed by atoms with Crippen molar-refractivity contribution in [1.82, 2.24) is 10.4 Å². The normalized spacial score (nSPS) is 11.0. The Morgan fingerprint density at radius 3 is 2.41 bits per heavy atom. The number of amides is 1. The summed E-state index contributed by atoms with van der Waals surface area (Å²) < 4.78 is 16.3. The number of carbonyl (C=O) groups excluding carboxylic acids is 2. The number of hydrogen-bond acceptors (Lipinski definition) is 6. The number of nitrogens with zero attached hydrogens (tertiary/aromatic N) is 1. The summed E-state index contributed by atoms with van der Waals surface area (Å²) in [6.45, 7) is 0. The molecule has 0 saturated heterocycles. The van der Waals surface area contributed by atoms with Crippen molar-refractivity contribution in [2.45, 2.75) is 0 Å². The molecule has 0 saturated carbocycles. The van der Waals surface area contributed by atoms with Crippen molar-refractivity contribution in [2.24, 2.45) is 5.10 Å². The number of esters is 1. The molecule has 1 amide bonds. The number of hydrogen-bond donors (Lipinski definition) is 2. The second kappa shape index (κ2) is 12.2. The number of nitrogens with one attached hydrogen (secondary N) is 2. The van der Waals surface area contributed by atoms with E-state index in [1.54, 1.807) is 31.4 Å². The molecule has 0 fully saturated rings. The van der Waals surface area contributed by atoms with Gasteiger partial charge in [0.05, 0.1) is 31.0 Å². The van der Waals surface area contributed by atoms with Crippen LogP contribution in [0.15, 0.2) is 90.0 Å². The third kappa shape index (κ3) is 6.04. The van der Waals surface area contributed by atoms with E-state index < -0.39 is 11.9 Å². The molecule has 10 heteroatoms. The van der Waals surface area contributed by atoms with Crippen molar-refractivity contribution in [3.63, 3.8) is 0 Å². The van der Waals surface area contributed by atoms with Gasteiger partial charge >= 0.3 is 5.97 Å². The van der Waals surface area contributed by atoms with Crippen molar-refractivity contribution >= 4 is 52.2 Å². The highest BCUT2D eigenvalue weighted by Gasteiger charge is 2.20. The fraction of sp³-hybridized carbons (Fsp3) is 0.0645. The summed E-state index contributed by atoms with van der Waals surface area (Å²) in [6.07, 6.45) is 1.45. The number of benzene rings is 4. The molecule has 0 radical (unpaired) electrons. The van der Waals surface area contributed by atoms with Crippen LogP contribution in [-0.2, 0) is 0 Å². The summed E-state index contributed by atoms with van der Waals surface area (Å²) in [7, 11) is 3.04. The monoisotopic (exact) mass is 587 g/mol. The number of fused-ring (bicyclic) bond motifs is 1. The molecule has 1 aromatic heterocycles. The van der Waals surface area contributed by atoms with Crippen LogP contribution in [0.5, 0.6) is 17.2 Å². The van der Waals surface area contributed by atoms with Crippen LogP contribution >= 0.6 is 23.2 Å². The van der Waals surface area contributed by atoms with Crippen molar-refractivity contribution in [2.75, 3.05) is 14.2 Å². The lowest BCUT2D eigenvalue weighted by Crippen LogP contribution is -2.18. The van der Waals surface area contributed by atoms with E-state index in [4.69, 9.17) is 37.4 Å². The Kier molecular flexibility index (Phi) is 8.24. The zero-order chi connectivity index (χ0) is 28.9. The lowest BCUT2D eigenvalue weighted by atomic mass is 10.0. The molecule has 0 atom stereocenters. The fourth-order valence-corrected chi connectivity index (χ4v) is 4.74. The fourth-order valence-electron chi connectivity index (χ4n) is 4.25. The van der Waals surface area contributed by atoms with Crippen LogP contribution in [0.1, 0.15) is 26.4 Å². The van der Waals surface area contributed by atoms with Crippen molar-refractivity contribution < 1.29 is 23.8 Å². The van der Waals surface area contributed by atoms with Crippen LogP contribution in [0, 0.1) is 0 Å². The van der Waals surface area contributed by atoms with E-state index in [0.717, 1.165) is 22.0 Å². The van der Waals surface area contributed by atoms with E-state index in [-0.39, 0.29) is 22.1 Å². The van der Waals surface area contributed by atoms with Gasteiger partial charge in [-0.2, -0.15) is 5.10 Å². The standard InChI is InChI=1S/C31H23Cl2N3O5/c1-39-21-10-12-25-23(16-21)28(19-6-4-3-5-7-19)29(35-25)30(37)36-34-17-18-8-13-26(27(14-18)40-2)41-31(38)22-11-9-20(32)15-24(22)33/h3-17,35H,1-2H3,(H,36,37). The van der Waals surface area contributed by atoms with E-state index in [0.29, 0.717) is 22.0 Å². The molecule has 5 rings (SSSR count). The highest BCUT2D eigenvalue weighted by molar-refractivity contribution is 6.36. The molecule has 5 aromatic rings. The first-order chi connectivity index (χ1) is 19.9. The van der Waals surface area contributed by atoms with Crippen molar-refractivity contribution in [3.05, 3.63) is 112 Å². The number of hydrazone groups is 1. The van der Waals surface area contributed by atoms with Gasteiger partial charge in [0.15, 0.2) is 11.5 Å². The number of methoxy groups -OCH3 is 2. The number of aromatic nitrogens is 1. The number of aromatic amines is 1. The summed E-state index contributed by atoms with van der Waals surface area (Å²) in [4.78, 5) is 29.1. The second-order valence-electron chi connectivity index (χ2n) is 8.78. The summed E-state index contributed by atoms with van der Waals surface area (Å²) >= 11 is 12.0. The van der Waals surface area contributed by atoms with Gasteiger partial charge in [0.1, 0.15) is 11.4 Å². The number of H-pyrrole nitrogens is 1. The van der Waals surface area contributed by atoms with Gasteiger partial charge in [-0.3, -0.25) is 4.79 Å². The smallest absolute Gasteiger partial charge is 0.345 e. The molecule has 0 bridgehead atoms. The topological polar surface area (TPSA) is 102 Å². The van der Waals surface area contributed by atoms with Gasteiger partial charge in [-0.05, 0) is 65.7 Å². The van der Waals surface area contributed by atoms with Gasteiger partial charge in [0.25, 0.3) is 5.91 Å². The molecule has 206 valence electrons. The largest absolute Gasteiger partial charge is 0.497 e. The molecular weight excluding hydrogens is 565 g/mol. The third-order valence-electron chi connectivity index (χ3n) is 6.22. The predicted molar refractivity (Wildman–Crippen MR) is 160 cm³/mol. The third-order valence-corrected chi connectivity index (χ3v) is 6.76. The zero-order valence-corrected chi connectivity index (χ0v) is 23.4. The van der Waals surface area contributed by atoms with Crippen LogP contribution in [0.2, 0.25) is 10.0 Å². The van der Waals surface area contributed by atoms with Crippen LogP contribution in [0.25, 0.3) is 22.0 Å². The maximum absolute atomic E-state index is 13.2. The van der Waals surface area contributed by atoms with Crippen LogP contribution in [0.3, 0.4) is 0 Å². The number of rotatable bonds is 8. The van der Waals surface area contributed by atoms with Gasteiger partial charge < -0.3 is 19.2 Å². The van der Waals surface area contributed by atoms with Crippen LogP contribution in [0.4, 0.5) is 0 Å². The Morgan fingerprint density at radius 1 is 0.878 bits per heavy atom. The summed E-state index contributed by atoms with van der Waals surface area (Å²) in [5.74, 6) is 0.0646. The first-order valence-electron chi connectivity index (χ1n) is 12.3. The summed E-state index contributed by atoms with van der Waals surface area (Å²) in [5.41, 5.74) is 6.09. The van der Waals surface area contributed by atoms with Crippen molar-refractivity contribution in [1.29, 1.82) is 0 Å². The Hall–Kier alpha value is -4.79. The Balaban J connectivity index is 1.35. The van der Waals surface area contributed by atoms with Crippen LogP contribution < -0.4 is 19.6 Å². The molecule has 1 heterocycles. The number of carbonyl (C=O) groups is 2. The molecule has 0 aliphatic heterocycles. The highest BCUT2D eigenvalue weighted by atomic mass is 35.5. The molecule has 0 unspecified atom stereocenters. The first kappa shape index (κ1) is 27.8. The molecule has 41 heavy (non-hydrogen) atoms. The Bertz CT molecular complexity index is 1780. The lowest BCUT2D eigenvalue weighted by Gasteiger charge is -2.10. The van der Waals surface area contributed by atoms with Gasteiger partial charge in [-0.15, -0.1) is 0 Å². The molecule has 0 aliphatic rings. The minimum absolute atomic E-state index is 0.164. The van der Waals surface area contributed by atoms with E-state index in [1.807, 2.05) is 48.5 Å². The average molecular weight is 588 g/mol. The Morgan fingerprint density at radius 2 is 1.68 bits per heavy atom. The van der Waals surface area contributed by atoms with Crippen molar-refractivity contribution in [3.8, 4) is 28.4 Å². The number of halogens is 2. The highest BCUT2D eigenvalue weighted by Crippen LogP contribution is 2.35. The maximum atomic E-state index is 13.2.